The monoisotopic (exact) mass is 353 g/mol. The molecular weight excluding hydrogens is 336 g/mol. The zero-order chi connectivity index (χ0) is 17.5. The van der Waals surface area contributed by atoms with Gasteiger partial charge in [-0.05, 0) is 43.3 Å². The summed E-state index contributed by atoms with van der Waals surface area (Å²) in [6.45, 7) is 1.62. The standard InChI is InChI=1S/C17H17F2NO3S/c1-12(17(21)20-16-5-3-2-4-15(16)19)24(22)11-10-23-14-8-6-13(18)7-9-14/h2-9,12H,10-11H2,1H3,(H,20,21)/t12-,24-/m0/s1. The van der Waals surface area contributed by atoms with Crippen molar-refractivity contribution in [2.24, 2.45) is 0 Å². The molecule has 0 bridgehead atoms. The Labute approximate surface area is 141 Å². The van der Waals surface area contributed by atoms with Gasteiger partial charge >= 0.3 is 0 Å². The zero-order valence-electron chi connectivity index (χ0n) is 13.0. The van der Waals surface area contributed by atoms with Crippen molar-refractivity contribution < 1.29 is 22.5 Å². The van der Waals surface area contributed by atoms with Crippen LogP contribution in [0.25, 0.3) is 0 Å². The number of hydrogen-bond donors (Lipinski definition) is 1. The first-order valence-electron chi connectivity index (χ1n) is 7.28. The van der Waals surface area contributed by atoms with Crippen LogP contribution in [0.5, 0.6) is 5.75 Å². The van der Waals surface area contributed by atoms with Crippen molar-refractivity contribution >= 4 is 22.4 Å². The molecule has 0 unspecified atom stereocenters. The number of hydrogen-bond acceptors (Lipinski definition) is 3. The predicted octanol–water partition coefficient (Wildman–Crippen LogP) is 3.12. The van der Waals surface area contributed by atoms with Gasteiger partial charge in [0.05, 0.1) is 18.0 Å². The van der Waals surface area contributed by atoms with Gasteiger partial charge in [-0.25, -0.2) is 8.78 Å². The maximum absolute atomic E-state index is 13.5. The van der Waals surface area contributed by atoms with E-state index in [1.54, 1.807) is 6.07 Å². The summed E-state index contributed by atoms with van der Waals surface area (Å²) in [4.78, 5) is 12.0. The van der Waals surface area contributed by atoms with Crippen LogP contribution < -0.4 is 10.1 Å². The molecule has 0 aliphatic heterocycles. The van der Waals surface area contributed by atoms with Crippen molar-refractivity contribution in [2.45, 2.75) is 12.2 Å². The van der Waals surface area contributed by atoms with Crippen LogP contribution in [0.15, 0.2) is 48.5 Å². The lowest BCUT2D eigenvalue weighted by atomic mass is 10.3. The van der Waals surface area contributed by atoms with Crippen molar-refractivity contribution in [1.82, 2.24) is 0 Å². The van der Waals surface area contributed by atoms with Crippen LogP contribution in [0.1, 0.15) is 6.92 Å². The first-order valence-corrected chi connectivity index (χ1v) is 8.66. The Morgan fingerprint density at radius 3 is 2.50 bits per heavy atom. The van der Waals surface area contributed by atoms with Gasteiger partial charge in [0.2, 0.25) is 5.91 Å². The lowest BCUT2D eigenvalue weighted by molar-refractivity contribution is -0.115. The molecule has 0 saturated carbocycles. The average molecular weight is 353 g/mol. The van der Waals surface area contributed by atoms with E-state index in [1.807, 2.05) is 0 Å². The Bertz CT molecular complexity index is 722. The summed E-state index contributed by atoms with van der Waals surface area (Å²) in [6, 6.07) is 11.2. The Morgan fingerprint density at radius 1 is 1.17 bits per heavy atom. The van der Waals surface area contributed by atoms with Gasteiger partial charge in [-0.1, -0.05) is 12.1 Å². The first-order chi connectivity index (χ1) is 11.5. The number of ether oxygens (including phenoxy) is 1. The predicted molar refractivity (Wildman–Crippen MR) is 89.4 cm³/mol. The largest absolute Gasteiger partial charge is 0.493 e. The number of para-hydroxylation sites is 1. The SMILES string of the molecule is C[C@@H](C(=O)Nc1ccccc1F)[S@@](=O)CCOc1ccc(F)cc1. The Morgan fingerprint density at radius 2 is 1.83 bits per heavy atom. The molecule has 0 spiro atoms. The normalized spacial score (nSPS) is 13.1. The van der Waals surface area contributed by atoms with E-state index in [0.717, 1.165) is 0 Å². The highest BCUT2D eigenvalue weighted by atomic mass is 32.2. The number of nitrogens with one attached hydrogen (secondary N) is 1. The van der Waals surface area contributed by atoms with Gasteiger partial charge in [0, 0.05) is 10.8 Å². The minimum Gasteiger partial charge on any atom is -0.493 e. The highest BCUT2D eigenvalue weighted by molar-refractivity contribution is 7.86. The minimum absolute atomic E-state index is 0.0499. The van der Waals surface area contributed by atoms with Gasteiger partial charge in [-0.15, -0.1) is 0 Å². The fraction of sp³-hybridized carbons (Fsp3) is 0.235. The van der Waals surface area contributed by atoms with Crippen LogP contribution in [-0.4, -0.2) is 27.7 Å². The molecule has 2 aromatic rings. The number of carbonyl (C=O) groups excluding carboxylic acids is 1. The molecule has 0 heterocycles. The fourth-order valence-electron chi connectivity index (χ4n) is 1.87. The van der Waals surface area contributed by atoms with E-state index in [-0.39, 0.29) is 23.9 Å². The summed E-state index contributed by atoms with van der Waals surface area (Å²) in [5.41, 5.74) is 0.0499. The molecule has 0 aliphatic rings. The second-order valence-electron chi connectivity index (χ2n) is 5.00. The van der Waals surface area contributed by atoms with Crippen LogP contribution in [-0.2, 0) is 15.6 Å². The van der Waals surface area contributed by atoms with Crippen LogP contribution in [0.3, 0.4) is 0 Å². The molecule has 0 radical (unpaired) electrons. The topological polar surface area (TPSA) is 55.4 Å². The molecule has 0 aromatic heterocycles. The maximum atomic E-state index is 13.5. The van der Waals surface area contributed by atoms with Crippen LogP contribution in [0.2, 0.25) is 0 Å². The van der Waals surface area contributed by atoms with E-state index in [1.165, 1.54) is 49.4 Å². The van der Waals surface area contributed by atoms with Gasteiger partial charge in [0.1, 0.15) is 22.6 Å². The Balaban J connectivity index is 1.82. The first kappa shape index (κ1) is 18.1. The van der Waals surface area contributed by atoms with Crippen molar-refractivity contribution in [3.8, 4) is 5.75 Å². The van der Waals surface area contributed by atoms with Crippen molar-refractivity contribution in [3.05, 3.63) is 60.2 Å². The number of halogens is 2. The summed E-state index contributed by atoms with van der Waals surface area (Å²) in [6.07, 6.45) is 0. The second kappa shape index (κ2) is 8.54. The minimum atomic E-state index is -1.49. The van der Waals surface area contributed by atoms with E-state index in [0.29, 0.717) is 5.75 Å². The van der Waals surface area contributed by atoms with E-state index in [9.17, 15) is 17.8 Å². The van der Waals surface area contributed by atoms with Gasteiger partial charge in [0.15, 0.2) is 0 Å². The van der Waals surface area contributed by atoms with Gasteiger partial charge in [-0.2, -0.15) is 0 Å². The molecule has 0 fully saturated rings. The molecule has 128 valence electrons. The third-order valence-electron chi connectivity index (χ3n) is 3.26. The van der Waals surface area contributed by atoms with Crippen molar-refractivity contribution in [3.63, 3.8) is 0 Å². The number of rotatable bonds is 7. The molecule has 0 aliphatic carbocycles. The summed E-state index contributed by atoms with van der Waals surface area (Å²) in [5, 5.41) is 1.60. The van der Waals surface area contributed by atoms with Crippen LogP contribution in [0, 0.1) is 11.6 Å². The van der Waals surface area contributed by atoms with Crippen molar-refractivity contribution in [1.29, 1.82) is 0 Å². The van der Waals surface area contributed by atoms with Crippen LogP contribution >= 0.6 is 0 Å². The summed E-state index contributed by atoms with van der Waals surface area (Å²) in [5.74, 6) is -0.867. The summed E-state index contributed by atoms with van der Waals surface area (Å²) >= 11 is 0. The summed E-state index contributed by atoms with van der Waals surface area (Å²) in [7, 11) is -1.49. The molecule has 7 heteroatoms. The van der Waals surface area contributed by atoms with E-state index in [4.69, 9.17) is 4.74 Å². The van der Waals surface area contributed by atoms with E-state index in [2.05, 4.69) is 5.32 Å². The third kappa shape index (κ3) is 5.13. The number of amides is 1. The summed E-state index contributed by atoms with van der Waals surface area (Å²) < 4.78 is 43.7. The highest BCUT2D eigenvalue weighted by Crippen LogP contribution is 2.14. The number of anilines is 1. The van der Waals surface area contributed by atoms with Gasteiger partial charge < -0.3 is 10.1 Å². The van der Waals surface area contributed by atoms with E-state index >= 15 is 0 Å². The Hall–Kier alpha value is -2.28. The molecule has 1 N–H and O–H groups in total. The number of benzene rings is 2. The van der Waals surface area contributed by atoms with Gasteiger partial charge in [-0.3, -0.25) is 9.00 Å². The second-order valence-corrected chi connectivity index (χ2v) is 6.88. The molecular formula is C17H17F2NO3S. The maximum Gasteiger partial charge on any atom is 0.239 e. The molecule has 2 rings (SSSR count). The highest BCUT2D eigenvalue weighted by Gasteiger charge is 2.20. The number of carbonyl (C=O) groups is 1. The quantitative estimate of drug-likeness (QED) is 0.832. The van der Waals surface area contributed by atoms with E-state index < -0.39 is 27.8 Å². The van der Waals surface area contributed by atoms with Crippen LogP contribution in [0.4, 0.5) is 14.5 Å². The molecule has 0 saturated heterocycles. The molecule has 1 amide bonds. The average Bonchev–Trinajstić information content (AvgIpc) is 2.58. The molecule has 4 nitrogen and oxygen atoms in total. The van der Waals surface area contributed by atoms with Gasteiger partial charge in [0.25, 0.3) is 0 Å². The zero-order valence-corrected chi connectivity index (χ0v) is 13.8. The molecule has 24 heavy (non-hydrogen) atoms. The molecule has 2 atom stereocenters. The smallest absolute Gasteiger partial charge is 0.239 e. The van der Waals surface area contributed by atoms with Crippen molar-refractivity contribution in [2.75, 3.05) is 17.7 Å². The lowest BCUT2D eigenvalue weighted by Crippen LogP contribution is -2.31. The third-order valence-corrected chi connectivity index (χ3v) is 4.83. The Kier molecular flexibility index (Phi) is 6.43. The molecule has 2 aromatic carbocycles. The fourth-order valence-corrected chi connectivity index (χ4v) is 2.76. The lowest BCUT2D eigenvalue weighted by Gasteiger charge is -2.13.